The molecule has 0 saturated heterocycles. The Hall–Kier alpha value is -0.0800. The monoisotopic (exact) mass is 212 g/mol. The third kappa shape index (κ3) is 3.46. The molecule has 2 nitrogen and oxygen atoms in total. The van der Waals surface area contributed by atoms with Crippen molar-refractivity contribution < 1.29 is 0 Å². The Kier molecular flexibility index (Phi) is 4.60. The van der Waals surface area contributed by atoms with Gasteiger partial charge in [0.1, 0.15) is 0 Å². The second kappa shape index (κ2) is 5.31. The molecule has 0 atom stereocenters. The molecule has 0 aromatic heterocycles. The summed E-state index contributed by atoms with van der Waals surface area (Å²) < 4.78 is 0. The van der Waals surface area contributed by atoms with E-state index in [-0.39, 0.29) is 5.54 Å². The van der Waals surface area contributed by atoms with E-state index in [0.717, 1.165) is 18.5 Å². The first kappa shape index (κ1) is 13.0. The van der Waals surface area contributed by atoms with Crippen LogP contribution in [0.1, 0.15) is 53.4 Å². The fourth-order valence-corrected chi connectivity index (χ4v) is 2.62. The van der Waals surface area contributed by atoms with Gasteiger partial charge in [0.2, 0.25) is 0 Å². The van der Waals surface area contributed by atoms with E-state index >= 15 is 0 Å². The molecule has 0 unspecified atom stereocenters. The summed E-state index contributed by atoms with van der Waals surface area (Å²) in [7, 11) is 0. The third-order valence-corrected chi connectivity index (χ3v) is 3.60. The van der Waals surface area contributed by atoms with Crippen molar-refractivity contribution in [1.82, 2.24) is 4.90 Å². The second-order valence-corrected chi connectivity index (χ2v) is 6.00. The van der Waals surface area contributed by atoms with Crippen LogP contribution in [0.25, 0.3) is 0 Å². The number of hydrogen-bond donors (Lipinski definition) is 1. The van der Waals surface area contributed by atoms with Crippen molar-refractivity contribution in [2.75, 3.05) is 13.1 Å². The van der Waals surface area contributed by atoms with Crippen molar-refractivity contribution in [2.45, 2.75) is 65.0 Å². The van der Waals surface area contributed by atoms with Gasteiger partial charge in [0.15, 0.2) is 0 Å². The average molecular weight is 212 g/mol. The summed E-state index contributed by atoms with van der Waals surface area (Å²) in [6.45, 7) is 11.1. The number of nitrogens with zero attached hydrogens (tertiary/aromatic N) is 1. The van der Waals surface area contributed by atoms with Crippen LogP contribution in [-0.2, 0) is 0 Å². The highest BCUT2D eigenvalue weighted by Crippen LogP contribution is 2.29. The smallest absolute Gasteiger partial charge is 0.0278 e. The third-order valence-electron chi connectivity index (χ3n) is 3.60. The Balaban J connectivity index is 2.67. The van der Waals surface area contributed by atoms with Crippen molar-refractivity contribution in [3.63, 3.8) is 0 Å². The molecular formula is C13H28N2. The first-order valence-corrected chi connectivity index (χ1v) is 6.44. The van der Waals surface area contributed by atoms with Gasteiger partial charge in [-0.15, -0.1) is 0 Å². The maximum atomic E-state index is 5.91. The molecule has 0 aromatic carbocycles. The SMILES string of the molecule is CC(C)CN(C1CCCC1)C(C)(C)CN. The Morgan fingerprint density at radius 3 is 2.20 bits per heavy atom. The fourth-order valence-electron chi connectivity index (χ4n) is 2.62. The molecule has 1 rings (SSSR count). The molecule has 1 aliphatic carbocycles. The Bertz CT molecular complexity index is 181. The van der Waals surface area contributed by atoms with Crippen molar-refractivity contribution in [3.05, 3.63) is 0 Å². The van der Waals surface area contributed by atoms with Gasteiger partial charge in [0, 0.05) is 24.7 Å². The van der Waals surface area contributed by atoms with Gasteiger partial charge in [0.25, 0.3) is 0 Å². The van der Waals surface area contributed by atoms with Gasteiger partial charge in [-0.25, -0.2) is 0 Å². The summed E-state index contributed by atoms with van der Waals surface area (Å²) in [6.07, 6.45) is 5.55. The molecule has 1 fully saturated rings. The van der Waals surface area contributed by atoms with E-state index in [9.17, 15) is 0 Å². The quantitative estimate of drug-likeness (QED) is 0.759. The van der Waals surface area contributed by atoms with E-state index in [4.69, 9.17) is 5.73 Å². The largest absolute Gasteiger partial charge is 0.329 e. The molecule has 15 heavy (non-hydrogen) atoms. The zero-order valence-corrected chi connectivity index (χ0v) is 10.9. The van der Waals surface area contributed by atoms with E-state index in [1.807, 2.05) is 0 Å². The lowest BCUT2D eigenvalue weighted by Crippen LogP contribution is -2.54. The van der Waals surface area contributed by atoms with E-state index < -0.39 is 0 Å². The van der Waals surface area contributed by atoms with Crippen LogP contribution in [0.3, 0.4) is 0 Å². The first-order valence-electron chi connectivity index (χ1n) is 6.44. The van der Waals surface area contributed by atoms with Gasteiger partial charge >= 0.3 is 0 Å². The van der Waals surface area contributed by atoms with Crippen molar-refractivity contribution in [3.8, 4) is 0 Å². The number of hydrogen-bond acceptors (Lipinski definition) is 2. The Labute approximate surface area is 95.2 Å². The van der Waals surface area contributed by atoms with Gasteiger partial charge < -0.3 is 5.73 Å². The fraction of sp³-hybridized carbons (Fsp3) is 1.00. The summed E-state index contributed by atoms with van der Waals surface area (Å²) in [5.41, 5.74) is 6.07. The zero-order chi connectivity index (χ0) is 11.5. The Morgan fingerprint density at radius 1 is 1.27 bits per heavy atom. The summed E-state index contributed by atoms with van der Waals surface area (Å²) in [6, 6.07) is 0.783. The lowest BCUT2D eigenvalue weighted by Gasteiger charge is -2.43. The van der Waals surface area contributed by atoms with E-state index in [0.29, 0.717) is 0 Å². The molecular weight excluding hydrogens is 184 g/mol. The molecule has 0 radical (unpaired) electrons. The molecule has 0 aliphatic heterocycles. The van der Waals surface area contributed by atoms with E-state index in [2.05, 4.69) is 32.6 Å². The second-order valence-electron chi connectivity index (χ2n) is 6.00. The number of nitrogens with two attached hydrogens (primary N) is 1. The van der Waals surface area contributed by atoms with Gasteiger partial charge in [-0.3, -0.25) is 4.90 Å². The van der Waals surface area contributed by atoms with Crippen LogP contribution >= 0.6 is 0 Å². The molecule has 2 N–H and O–H groups in total. The average Bonchev–Trinajstić information content (AvgIpc) is 2.66. The van der Waals surface area contributed by atoms with Crippen LogP contribution in [0.5, 0.6) is 0 Å². The molecule has 0 aromatic rings. The summed E-state index contributed by atoms with van der Waals surface area (Å²) in [5.74, 6) is 0.733. The highest BCUT2D eigenvalue weighted by atomic mass is 15.2. The summed E-state index contributed by atoms with van der Waals surface area (Å²) >= 11 is 0. The minimum Gasteiger partial charge on any atom is -0.329 e. The highest BCUT2D eigenvalue weighted by Gasteiger charge is 2.33. The van der Waals surface area contributed by atoms with Gasteiger partial charge in [0.05, 0.1) is 0 Å². The summed E-state index contributed by atoms with van der Waals surface area (Å²) in [5, 5.41) is 0. The van der Waals surface area contributed by atoms with Crippen molar-refractivity contribution >= 4 is 0 Å². The van der Waals surface area contributed by atoms with Crippen LogP contribution in [0, 0.1) is 5.92 Å². The molecule has 2 heteroatoms. The predicted molar refractivity (Wildman–Crippen MR) is 66.9 cm³/mol. The minimum absolute atomic E-state index is 0.166. The molecule has 0 bridgehead atoms. The molecule has 90 valence electrons. The molecule has 0 amide bonds. The standard InChI is InChI=1S/C13H28N2/c1-11(2)9-15(13(3,4)10-14)12-7-5-6-8-12/h11-12H,5-10,14H2,1-4H3. The zero-order valence-electron chi connectivity index (χ0n) is 10.9. The van der Waals surface area contributed by atoms with Gasteiger partial charge in [-0.2, -0.15) is 0 Å². The van der Waals surface area contributed by atoms with Crippen LogP contribution in [0.4, 0.5) is 0 Å². The maximum absolute atomic E-state index is 5.91. The van der Waals surface area contributed by atoms with Crippen molar-refractivity contribution in [1.29, 1.82) is 0 Å². The topological polar surface area (TPSA) is 29.3 Å². The molecule has 0 spiro atoms. The molecule has 1 aliphatic rings. The normalized spacial score (nSPS) is 19.4. The highest BCUT2D eigenvalue weighted by molar-refractivity contribution is 4.90. The lowest BCUT2D eigenvalue weighted by molar-refractivity contribution is 0.0635. The van der Waals surface area contributed by atoms with E-state index in [1.165, 1.54) is 32.2 Å². The Morgan fingerprint density at radius 2 is 1.80 bits per heavy atom. The van der Waals surface area contributed by atoms with Gasteiger partial charge in [-0.1, -0.05) is 26.7 Å². The van der Waals surface area contributed by atoms with Crippen molar-refractivity contribution in [2.24, 2.45) is 11.7 Å². The van der Waals surface area contributed by atoms with Crippen LogP contribution in [0.2, 0.25) is 0 Å². The summed E-state index contributed by atoms with van der Waals surface area (Å²) in [4.78, 5) is 2.66. The lowest BCUT2D eigenvalue weighted by atomic mass is 9.97. The van der Waals surface area contributed by atoms with Crippen LogP contribution in [0.15, 0.2) is 0 Å². The number of rotatable bonds is 5. The maximum Gasteiger partial charge on any atom is 0.0278 e. The van der Waals surface area contributed by atoms with Crippen LogP contribution in [-0.4, -0.2) is 29.6 Å². The minimum atomic E-state index is 0.166. The van der Waals surface area contributed by atoms with Gasteiger partial charge in [-0.05, 0) is 32.6 Å². The first-order chi connectivity index (χ1) is 6.97. The van der Waals surface area contributed by atoms with E-state index in [1.54, 1.807) is 0 Å². The molecule has 0 heterocycles. The molecule has 1 saturated carbocycles. The van der Waals surface area contributed by atoms with Crippen LogP contribution < -0.4 is 5.73 Å². The predicted octanol–water partition coefficient (Wildman–Crippen LogP) is 2.62.